The fourth-order valence-corrected chi connectivity index (χ4v) is 4.65. The van der Waals surface area contributed by atoms with Gasteiger partial charge in [0.1, 0.15) is 22.7 Å². The van der Waals surface area contributed by atoms with E-state index in [0.29, 0.717) is 15.7 Å². The first-order chi connectivity index (χ1) is 13.8. The number of carbonyl (C=O) groups excluding carboxylic acids is 1. The topological polar surface area (TPSA) is 85.0 Å². The van der Waals surface area contributed by atoms with E-state index < -0.39 is 23.4 Å². The third-order valence-electron chi connectivity index (χ3n) is 5.41. The number of halogens is 2. The number of nitrogens with two attached hydrogens (primary N) is 1. The van der Waals surface area contributed by atoms with Crippen molar-refractivity contribution < 1.29 is 13.6 Å². The average Bonchev–Trinajstić information content (AvgIpc) is 3.15. The number of rotatable bonds is 5. The number of carbonyl (C=O) groups is 1. The summed E-state index contributed by atoms with van der Waals surface area (Å²) in [5.41, 5.74) is 6.71. The Morgan fingerprint density at radius 2 is 2.07 bits per heavy atom. The molecule has 1 fully saturated rings. The highest BCUT2D eigenvalue weighted by Crippen LogP contribution is 2.50. The van der Waals surface area contributed by atoms with Gasteiger partial charge < -0.3 is 10.6 Å². The van der Waals surface area contributed by atoms with Crippen LogP contribution in [-0.2, 0) is 5.54 Å². The minimum atomic E-state index is -1.03. The monoisotopic (exact) mass is 415 g/mol. The summed E-state index contributed by atoms with van der Waals surface area (Å²) in [7, 11) is 1.75. The predicted octanol–water partition coefficient (Wildman–Crippen LogP) is 3.61. The van der Waals surface area contributed by atoms with Crippen LogP contribution in [0.2, 0.25) is 0 Å². The van der Waals surface area contributed by atoms with Crippen molar-refractivity contribution in [1.82, 2.24) is 15.2 Å². The highest BCUT2D eigenvalue weighted by atomic mass is 32.1. The van der Waals surface area contributed by atoms with Crippen molar-refractivity contribution in [2.75, 3.05) is 11.9 Å². The van der Waals surface area contributed by atoms with Crippen molar-refractivity contribution >= 4 is 22.4 Å². The smallest absolute Gasteiger partial charge is 0.248 e. The minimum Gasteiger partial charge on any atom is -0.366 e. The standard InChI is InChI=1S/C20H19F2N5OS/c1-11-5-6-12(17(23)28)8-14(11)18-25-26-19(29-18)27(2)20(9-13(21)10-20)16-15(22)4-3-7-24-16/h3-8,13H,9-10H2,1-2H3,(H2,23,28). The molecule has 2 N–H and O–H groups in total. The third-order valence-corrected chi connectivity index (χ3v) is 6.45. The summed E-state index contributed by atoms with van der Waals surface area (Å²) in [6, 6.07) is 7.97. The van der Waals surface area contributed by atoms with Gasteiger partial charge in [0.2, 0.25) is 11.0 Å². The van der Waals surface area contributed by atoms with Crippen molar-refractivity contribution in [2.45, 2.75) is 31.5 Å². The van der Waals surface area contributed by atoms with Gasteiger partial charge in [-0.3, -0.25) is 9.78 Å². The number of benzene rings is 1. The zero-order valence-electron chi connectivity index (χ0n) is 15.9. The van der Waals surface area contributed by atoms with Crippen LogP contribution in [0.5, 0.6) is 0 Å². The number of aryl methyl sites for hydroxylation is 1. The van der Waals surface area contributed by atoms with Crippen LogP contribution in [0.3, 0.4) is 0 Å². The van der Waals surface area contributed by atoms with Gasteiger partial charge in [-0.15, -0.1) is 10.2 Å². The Morgan fingerprint density at radius 3 is 2.72 bits per heavy atom. The molecule has 2 heterocycles. The van der Waals surface area contributed by atoms with E-state index in [9.17, 15) is 13.6 Å². The van der Waals surface area contributed by atoms with Gasteiger partial charge in [0.15, 0.2) is 0 Å². The van der Waals surface area contributed by atoms with E-state index in [0.717, 1.165) is 11.1 Å². The SMILES string of the molecule is Cc1ccc(C(N)=O)cc1-c1nnc(N(C)C2(c3ncccc3F)CC(F)C2)s1. The molecule has 0 radical (unpaired) electrons. The fraction of sp³-hybridized carbons (Fsp3) is 0.300. The highest BCUT2D eigenvalue weighted by Gasteiger charge is 2.52. The van der Waals surface area contributed by atoms with Gasteiger partial charge in [0, 0.05) is 37.2 Å². The van der Waals surface area contributed by atoms with Crippen LogP contribution in [0.25, 0.3) is 10.6 Å². The summed E-state index contributed by atoms with van der Waals surface area (Å²) < 4.78 is 28.4. The van der Waals surface area contributed by atoms with Crippen LogP contribution in [0.15, 0.2) is 36.5 Å². The zero-order valence-corrected chi connectivity index (χ0v) is 16.7. The molecule has 0 atom stereocenters. The molecular formula is C20H19F2N5OS. The van der Waals surface area contributed by atoms with Crippen LogP contribution in [0.4, 0.5) is 13.9 Å². The first kappa shape index (κ1) is 19.4. The lowest BCUT2D eigenvalue weighted by molar-refractivity contribution is 0.0870. The van der Waals surface area contributed by atoms with Crippen LogP contribution in [-0.4, -0.2) is 34.3 Å². The summed E-state index contributed by atoms with van der Waals surface area (Å²) in [5.74, 6) is -0.998. The largest absolute Gasteiger partial charge is 0.366 e. The summed E-state index contributed by atoms with van der Waals surface area (Å²) in [4.78, 5) is 17.4. The quantitative estimate of drug-likeness (QED) is 0.688. The molecule has 0 unspecified atom stereocenters. The molecule has 0 bridgehead atoms. The second-order valence-corrected chi connectivity index (χ2v) is 8.17. The van der Waals surface area contributed by atoms with Gasteiger partial charge in [-0.1, -0.05) is 17.4 Å². The van der Waals surface area contributed by atoms with E-state index in [-0.39, 0.29) is 18.5 Å². The maximum atomic E-state index is 14.5. The fourth-order valence-electron chi connectivity index (χ4n) is 3.68. The van der Waals surface area contributed by atoms with Gasteiger partial charge >= 0.3 is 0 Å². The van der Waals surface area contributed by atoms with Crippen molar-refractivity contribution in [3.05, 3.63) is 59.2 Å². The molecule has 0 aliphatic heterocycles. The molecule has 9 heteroatoms. The van der Waals surface area contributed by atoms with Gasteiger partial charge in [0.05, 0.1) is 5.54 Å². The summed E-state index contributed by atoms with van der Waals surface area (Å²) in [5, 5.41) is 9.60. The number of nitrogens with zero attached hydrogens (tertiary/aromatic N) is 4. The average molecular weight is 415 g/mol. The molecule has 2 aromatic heterocycles. The zero-order chi connectivity index (χ0) is 20.8. The molecule has 150 valence electrons. The second kappa shape index (κ2) is 7.14. The summed E-state index contributed by atoms with van der Waals surface area (Å²) in [6.45, 7) is 1.90. The first-order valence-electron chi connectivity index (χ1n) is 9.05. The Bertz CT molecular complexity index is 1080. The highest BCUT2D eigenvalue weighted by molar-refractivity contribution is 7.18. The second-order valence-electron chi connectivity index (χ2n) is 7.21. The molecule has 4 rings (SSSR count). The van der Waals surface area contributed by atoms with Gasteiger partial charge in [0.25, 0.3) is 0 Å². The lowest BCUT2D eigenvalue weighted by Gasteiger charge is -2.49. The van der Waals surface area contributed by atoms with Crippen molar-refractivity contribution in [3.8, 4) is 10.6 Å². The summed E-state index contributed by atoms with van der Waals surface area (Å²) in [6.07, 6.45) is 0.732. The van der Waals surface area contributed by atoms with E-state index in [4.69, 9.17) is 5.73 Å². The number of anilines is 1. The first-order valence-corrected chi connectivity index (χ1v) is 9.87. The molecule has 0 saturated heterocycles. The molecule has 3 aromatic rings. The molecule has 6 nitrogen and oxygen atoms in total. The number of pyridine rings is 1. The van der Waals surface area contributed by atoms with Gasteiger partial charge in [-0.05, 0) is 36.8 Å². The molecule has 1 aromatic carbocycles. The Balaban J connectivity index is 1.72. The van der Waals surface area contributed by atoms with Gasteiger partial charge in [-0.25, -0.2) is 8.78 Å². The molecule has 1 saturated carbocycles. The van der Waals surface area contributed by atoms with Crippen LogP contribution in [0.1, 0.15) is 34.5 Å². The molecule has 1 amide bonds. The van der Waals surface area contributed by atoms with Gasteiger partial charge in [-0.2, -0.15) is 0 Å². The van der Waals surface area contributed by atoms with E-state index in [1.165, 1.54) is 29.7 Å². The molecule has 1 aliphatic carbocycles. The minimum absolute atomic E-state index is 0.128. The molecule has 29 heavy (non-hydrogen) atoms. The van der Waals surface area contributed by atoms with E-state index >= 15 is 0 Å². The van der Waals surface area contributed by atoms with Crippen LogP contribution in [0, 0.1) is 12.7 Å². The van der Waals surface area contributed by atoms with E-state index in [2.05, 4.69) is 15.2 Å². The lowest BCUT2D eigenvalue weighted by atomic mass is 9.71. The molecule has 0 spiro atoms. The van der Waals surface area contributed by atoms with Crippen LogP contribution >= 0.6 is 11.3 Å². The number of hydrogen-bond acceptors (Lipinski definition) is 6. The number of alkyl halides is 1. The predicted molar refractivity (Wildman–Crippen MR) is 107 cm³/mol. The van der Waals surface area contributed by atoms with E-state index in [1.807, 2.05) is 6.92 Å². The maximum Gasteiger partial charge on any atom is 0.248 e. The van der Waals surface area contributed by atoms with Crippen LogP contribution < -0.4 is 10.6 Å². The Morgan fingerprint density at radius 1 is 1.31 bits per heavy atom. The van der Waals surface area contributed by atoms with Crippen molar-refractivity contribution in [1.29, 1.82) is 0 Å². The Labute approximate surface area is 170 Å². The Kier molecular flexibility index (Phi) is 4.77. The molecular weight excluding hydrogens is 396 g/mol. The number of aromatic nitrogens is 3. The third kappa shape index (κ3) is 3.25. The Hall–Kier alpha value is -2.94. The number of primary amides is 1. The number of hydrogen-bond donors (Lipinski definition) is 1. The number of amides is 1. The van der Waals surface area contributed by atoms with Crippen molar-refractivity contribution in [2.24, 2.45) is 5.73 Å². The maximum absolute atomic E-state index is 14.5. The van der Waals surface area contributed by atoms with Crippen molar-refractivity contribution in [3.63, 3.8) is 0 Å². The molecule has 1 aliphatic rings. The summed E-state index contributed by atoms with van der Waals surface area (Å²) >= 11 is 1.29. The lowest BCUT2D eigenvalue weighted by Crippen LogP contribution is -2.55. The van der Waals surface area contributed by atoms with E-state index in [1.54, 1.807) is 30.1 Å². The normalized spacial score (nSPS) is 20.9.